The van der Waals surface area contributed by atoms with E-state index >= 15 is 0 Å². The summed E-state index contributed by atoms with van der Waals surface area (Å²) in [6.07, 6.45) is 0.446. The maximum Gasteiger partial charge on any atom is 0.364 e. The van der Waals surface area contributed by atoms with Gasteiger partial charge in [-0.15, -0.1) is 0 Å². The molecule has 2 rings (SSSR count). The van der Waals surface area contributed by atoms with Crippen molar-refractivity contribution in [2.75, 3.05) is 0 Å². The highest BCUT2D eigenvalue weighted by atomic mass is 16.7. The Labute approximate surface area is 132 Å². The van der Waals surface area contributed by atoms with Crippen LogP contribution in [-0.2, 0) is 14.4 Å². The first-order chi connectivity index (χ1) is 10.9. The molecular weight excluding hydrogens is 300 g/mol. The first-order valence-electron chi connectivity index (χ1n) is 7.13. The molecule has 0 amide bonds. The van der Waals surface area contributed by atoms with E-state index in [-0.39, 0.29) is 18.6 Å². The van der Waals surface area contributed by atoms with Crippen molar-refractivity contribution in [3.05, 3.63) is 35.4 Å². The molecule has 1 heterocycles. The van der Waals surface area contributed by atoms with Gasteiger partial charge in [0.1, 0.15) is 0 Å². The van der Waals surface area contributed by atoms with E-state index in [0.29, 0.717) is 11.1 Å². The molecular formula is C16H16N2O5. The van der Waals surface area contributed by atoms with Crippen molar-refractivity contribution in [3.63, 3.8) is 0 Å². The fourth-order valence-corrected chi connectivity index (χ4v) is 3.15. The lowest BCUT2D eigenvalue weighted by Crippen LogP contribution is -2.60. The van der Waals surface area contributed by atoms with Crippen molar-refractivity contribution >= 4 is 17.7 Å². The second kappa shape index (κ2) is 5.72. The molecule has 2 N–H and O–H groups in total. The van der Waals surface area contributed by atoms with Gasteiger partial charge in [0.2, 0.25) is 0 Å². The van der Waals surface area contributed by atoms with Gasteiger partial charge in [-0.3, -0.25) is 0 Å². The second-order valence-corrected chi connectivity index (χ2v) is 5.30. The van der Waals surface area contributed by atoms with E-state index in [1.165, 1.54) is 0 Å². The zero-order chi connectivity index (χ0) is 17.3. The van der Waals surface area contributed by atoms with Crippen LogP contribution in [0.1, 0.15) is 37.8 Å². The maximum atomic E-state index is 11.8. The van der Waals surface area contributed by atoms with Crippen molar-refractivity contribution in [1.82, 2.24) is 0 Å². The molecule has 1 aromatic rings. The number of oxime groups is 1. The first kappa shape index (κ1) is 16.5. The van der Waals surface area contributed by atoms with E-state index < -0.39 is 23.0 Å². The lowest BCUT2D eigenvalue weighted by atomic mass is 9.64. The molecule has 0 bridgehead atoms. The molecule has 0 aliphatic carbocycles. The third-order valence-electron chi connectivity index (χ3n) is 4.50. The third-order valence-corrected chi connectivity index (χ3v) is 4.50. The molecule has 0 aromatic heterocycles. The molecule has 0 saturated heterocycles. The Kier molecular flexibility index (Phi) is 4.10. The lowest BCUT2D eigenvalue weighted by molar-refractivity contribution is -0.192. The van der Waals surface area contributed by atoms with E-state index in [9.17, 15) is 19.8 Å². The summed E-state index contributed by atoms with van der Waals surface area (Å²) in [5, 5.41) is 31.8. The Morgan fingerprint density at radius 1 is 1.17 bits per heavy atom. The van der Waals surface area contributed by atoms with Gasteiger partial charge in [-0.2, -0.15) is 5.26 Å². The van der Waals surface area contributed by atoms with Gasteiger partial charge in [0.15, 0.2) is 0 Å². The smallest absolute Gasteiger partial charge is 0.364 e. The Balaban J connectivity index is 2.63. The van der Waals surface area contributed by atoms with E-state index in [4.69, 9.17) is 10.1 Å². The largest absolute Gasteiger partial charge is 0.478 e. The quantitative estimate of drug-likeness (QED) is 0.802. The summed E-state index contributed by atoms with van der Waals surface area (Å²) in [5.41, 5.74) is -2.51. The predicted molar refractivity (Wildman–Crippen MR) is 79.8 cm³/mol. The zero-order valence-corrected chi connectivity index (χ0v) is 12.7. The van der Waals surface area contributed by atoms with Crippen LogP contribution < -0.4 is 0 Å². The molecule has 1 aliphatic rings. The van der Waals surface area contributed by atoms with Gasteiger partial charge >= 0.3 is 17.5 Å². The van der Waals surface area contributed by atoms with Crippen molar-refractivity contribution in [1.29, 1.82) is 5.26 Å². The van der Waals surface area contributed by atoms with Crippen LogP contribution in [0, 0.1) is 16.7 Å². The monoisotopic (exact) mass is 316 g/mol. The fourth-order valence-electron chi connectivity index (χ4n) is 3.15. The van der Waals surface area contributed by atoms with Gasteiger partial charge in [0.25, 0.3) is 0 Å². The van der Waals surface area contributed by atoms with Crippen molar-refractivity contribution in [2.24, 2.45) is 10.6 Å². The summed E-state index contributed by atoms with van der Waals surface area (Å²) in [6.45, 7) is 3.41. The van der Waals surface area contributed by atoms with Crippen LogP contribution in [0.4, 0.5) is 0 Å². The number of carboxylic acids is 2. The van der Waals surface area contributed by atoms with Gasteiger partial charge in [0, 0.05) is 5.56 Å². The summed E-state index contributed by atoms with van der Waals surface area (Å²) >= 11 is 0. The Morgan fingerprint density at radius 3 is 2.09 bits per heavy atom. The van der Waals surface area contributed by atoms with Crippen molar-refractivity contribution in [2.45, 2.75) is 32.3 Å². The molecule has 0 saturated carbocycles. The Morgan fingerprint density at radius 2 is 1.70 bits per heavy atom. The number of carbonyl (C=O) groups is 2. The highest BCUT2D eigenvalue weighted by molar-refractivity contribution is 6.16. The standard InChI is InChI=1S/C16H16N2O5/c1-3-15(4-2)12(11-7-5-10(9-17)6-8-11)18-23-16(15,13(19)20)14(21)22/h5-8H,3-4H2,1-2H3,(H,19,20)(H,21,22). The van der Waals surface area contributed by atoms with E-state index in [0.717, 1.165) is 0 Å². The molecule has 0 unspecified atom stereocenters. The number of hydrogen-bond donors (Lipinski definition) is 2. The van der Waals surface area contributed by atoms with Crippen molar-refractivity contribution in [3.8, 4) is 6.07 Å². The summed E-state index contributed by atoms with van der Waals surface area (Å²) in [6, 6.07) is 8.34. The maximum absolute atomic E-state index is 11.8. The molecule has 7 heteroatoms. The first-order valence-corrected chi connectivity index (χ1v) is 7.13. The van der Waals surface area contributed by atoms with Crippen LogP contribution in [0.25, 0.3) is 0 Å². The van der Waals surface area contributed by atoms with Crippen LogP contribution >= 0.6 is 0 Å². The van der Waals surface area contributed by atoms with E-state index in [1.54, 1.807) is 38.1 Å². The highest BCUT2D eigenvalue weighted by Crippen LogP contribution is 2.49. The second-order valence-electron chi connectivity index (χ2n) is 5.30. The average molecular weight is 316 g/mol. The van der Waals surface area contributed by atoms with Crippen LogP contribution in [0.15, 0.2) is 29.4 Å². The number of nitrogens with zero attached hydrogens (tertiary/aromatic N) is 2. The highest BCUT2D eigenvalue weighted by Gasteiger charge is 2.70. The van der Waals surface area contributed by atoms with Crippen LogP contribution in [0.3, 0.4) is 0 Å². The topological polar surface area (TPSA) is 120 Å². The third kappa shape index (κ3) is 2.06. The van der Waals surface area contributed by atoms with Crippen LogP contribution in [-0.4, -0.2) is 33.5 Å². The number of carboxylic acid groups (broad SMARTS) is 2. The molecule has 23 heavy (non-hydrogen) atoms. The molecule has 1 aliphatic heterocycles. The number of benzene rings is 1. The molecule has 0 radical (unpaired) electrons. The van der Waals surface area contributed by atoms with Gasteiger partial charge < -0.3 is 15.1 Å². The number of aliphatic carboxylic acids is 2. The Bertz CT molecular complexity index is 697. The molecule has 0 fully saturated rings. The van der Waals surface area contributed by atoms with Gasteiger partial charge in [-0.05, 0) is 25.0 Å². The normalized spacial score (nSPS) is 17.7. The zero-order valence-electron chi connectivity index (χ0n) is 12.7. The van der Waals surface area contributed by atoms with Gasteiger partial charge in [0.05, 0.1) is 22.8 Å². The van der Waals surface area contributed by atoms with Gasteiger partial charge in [-0.1, -0.05) is 31.1 Å². The van der Waals surface area contributed by atoms with Crippen LogP contribution in [0.5, 0.6) is 0 Å². The summed E-state index contributed by atoms with van der Waals surface area (Å²) in [7, 11) is 0. The lowest BCUT2D eigenvalue weighted by Gasteiger charge is -2.36. The SMILES string of the molecule is CCC1(CC)C(c2ccc(C#N)cc2)=NOC1(C(=O)O)C(=O)O. The van der Waals surface area contributed by atoms with E-state index in [1.807, 2.05) is 6.07 Å². The van der Waals surface area contributed by atoms with E-state index in [2.05, 4.69) is 5.16 Å². The minimum absolute atomic E-state index is 0.223. The minimum Gasteiger partial charge on any atom is -0.478 e. The fraction of sp³-hybridized carbons (Fsp3) is 0.375. The summed E-state index contributed by atoms with van der Waals surface area (Å²) in [4.78, 5) is 28.5. The van der Waals surface area contributed by atoms with Gasteiger partial charge in [-0.25, -0.2) is 9.59 Å². The molecule has 7 nitrogen and oxygen atoms in total. The summed E-state index contributed by atoms with van der Waals surface area (Å²) < 4.78 is 0. The minimum atomic E-state index is -2.46. The molecule has 0 spiro atoms. The number of nitriles is 1. The summed E-state index contributed by atoms with van der Waals surface area (Å²) in [5.74, 6) is -3.16. The number of hydrogen-bond acceptors (Lipinski definition) is 5. The number of rotatable bonds is 5. The molecule has 1 aromatic carbocycles. The predicted octanol–water partition coefficient (Wildman–Crippen LogP) is 2.01. The molecule has 120 valence electrons. The van der Waals surface area contributed by atoms with Crippen LogP contribution in [0.2, 0.25) is 0 Å². The average Bonchev–Trinajstić information content (AvgIpc) is 2.91. The molecule has 0 atom stereocenters. The Hall–Kier alpha value is -2.88. The van der Waals surface area contributed by atoms with Crippen molar-refractivity contribution < 1.29 is 24.6 Å².